The number of fused-ring (bicyclic) bond motifs is 1. The number of nitrogens with zero attached hydrogens (tertiary/aromatic N) is 4. The molecule has 1 saturated heterocycles. The molecule has 0 bridgehead atoms. The minimum Gasteiger partial charge on any atom is -0.394 e. The van der Waals surface area contributed by atoms with Crippen LogP contribution in [0.3, 0.4) is 0 Å². The van der Waals surface area contributed by atoms with Crippen molar-refractivity contribution in [2.75, 3.05) is 12.3 Å². The standard InChI is InChI=1S/C12H17N5O4/c1-5-8(20)12(21-9(5)6(19)2-18)17-4-16-7-10(13)14-3-15-11(7)17/h3-6,8-9,12,18-20H,2H2,1H3,(H2,13,14,15). The van der Waals surface area contributed by atoms with Crippen LogP contribution in [0.25, 0.3) is 11.2 Å². The molecule has 1 fully saturated rings. The monoisotopic (exact) mass is 295 g/mol. The number of nitrogens with two attached hydrogens (primary N) is 1. The average Bonchev–Trinajstić information content (AvgIpc) is 3.02. The largest absolute Gasteiger partial charge is 0.394 e. The van der Waals surface area contributed by atoms with Gasteiger partial charge in [0.1, 0.15) is 24.1 Å². The van der Waals surface area contributed by atoms with Gasteiger partial charge in [-0.2, -0.15) is 0 Å². The molecule has 5 atom stereocenters. The van der Waals surface area contributed by atoms with Crippen LogP contribution < -0.4 is 5.73 Å². The number of hydrogen-bond acceptors (Lipinski definition) is 8. The lowest BCUT2D eigenvalue weighted by atomic mass is 9.97. The predicted octanol–water partition coefficient (Wildman–Crippen LogP) is -1.34. The minimum absolute atomic E-state index is 0.242. The molecule has 5 N–H and O–H groups in total. The van der Waals surface area contributed by atoms with Crippen molar-refractivity contribution >= 4 is 17.0 Å². The summed E-state index contributed by atoms with van der Waals surface area (Å²) in [6.45, 7) is 1.31. The van der Waals surface area contributed by atoms with Crippen molar-refractivity contribution < 1.29 is 20.1 Å². The van der Waals surface area contributed by atoms with E-state index in [0.29, 0.717) is 11.2 Å². The third kappa shape index (κ3) is 2.14. The van der Waals surface area contributed by atoms with E-state index in [2.05, 4.69) is 15.0 Å². The summed E-state index contributed by atoms with van der Waals surface area (Å²) in [5.74, 6) is -0.111. The topological polar surface area (TPSA) is 140 Å². The molecule has 21 heavy (non-hydrogen) atoms. The molecule has 3 rings (SSSR count). The fourth-order valence-corrected chi connectivity index (χ4v) is 2.65. The van der Waals surface area contributed by atoms with Gasteiger partial charge in [-0.1, -0.05) is 6.92 Å². The maximum atomic E-state index is 10.3. The van der Waals surface area contributed by atoms with Crippen molar-refractivity contribution in [2.24, 2.45) is 5.92 Å². The van der Waals surface area contributed by atoms with E-state index in [4.69, 9.17) is 15.6 Å². The van der Waals surface area contributed by atoms with Crippen LogP contribution in [0, 0.1) is 5.92 Å². The van der Waals surface area contributed by atoms with Crippen LogP contribution in [0.5, 0.6) is 0 Å². The second-order valence-corrected chi connectivity index (χ2v) is 5.17. The van der Waals surface area contributed by atoms with Crippen LogP contribution in [0.2, 0.25) is 0 Å². The lowest BCUT2D eigenvalue weighted by Crippen LogP contribution is -2.34. The van der Waals surface area contributed by atoms with Gasteiger partial charge in [0.15, 0.2) is 17.7 Å². The summed E-state index contributed by atoms with van der Waals surface area (Å²) in [5, 5.41) is 29.2. The molecular weight excluding hydrogens is 278 g/mol. The van der Waals surface area contributed by atoms with Gasteiger partial charge in [0.2, 0.25) is 0 Å². The Morgan fingerprint density at radius 3 is 2.90 bits per heavy atom. The first-order valence-electron chi connectivity index (χ1n) is 6.60. The summed E-state index contributed by atoms with van der Waals surface area (Å²) in [5.41, 5.74) is 6.59. The van der Waals surface area contributed by atoms with Gasteiger partial charge in [0, 0.05) is 5.92 Å². The van der Waals surface area contributed by atoms with Gasteiger partial charge in [-0.25, -0.2) is 15.0 Å². The van der Waals surface area contributed by atoms with Gasteiger partial charge in [-0.05, 0) is 0 Å². The number of anilines is 1. The zero-order valence-corrected chi connectivity index (χ0v) is 11.4. The quantitative estimate of drug-likeness (QED) is 0.545. The molecule has 0 radical (unpaired) electrons. The Balaban J connectivity index is 1.98. The van der Waals surface area contributed by atoms with Gasteiger partial charge in [0.25, 0.3) is 0 Å². The van der Waals surface area contributed by atoms with Crippen LogP contribution in [-0.2, 0) is 4.74 Å². The van der Waals surface area contributed by atoms with Crippen LogP contribution in [0.4, 0.5) is 5.82 Å². The number of aromatic nitrogens is 4. The Kier molecular flexibility index (Phi) is 3.49. The molecule has 0 aliphatic carbocycles. The summed E-state index contributed by atoms with van der Waals surface area (Å²) in [7, 11) is 0. The van der Waals surface area contributed by atoms with E-state index in [-0.39, 0.29) is 11.7 Å². The molecule has 0 aromatic carbocycles. The first-order valence-corrected chi connectivity index (χ1v) is 6.60. The Bertz CT molecular complexity index is 648. The van der Waals surface area contributed by atoms with E-state index < -0.39 is 31.1 Å². The van der Waals surface area contributed by atoms with Crippen molar-refractivity contribution in [3.8, 4) is 0 Å². The number of ether oxygens (including phenoxy) is 1. The number of nitrogen functional groups attached to an aromatic ring is 1. The van der Waals surface area contributed by atoms with Gasteiger partial charge in [0.05, 0.1) is 19.0 Å². The fraction of sp³-hybridized carbons (Fsp3) is 0.583. The second-order valence-electron chi connectivity index (χ2n) is 5.17. The molecule has 0 spiro atoms. The molecule has 0 amide bonds. The highest BCUT2D eigenvalue weighted by atomic mass is 16.5. The van der Waals surface area contributed by atoms with Crippen LogP contribution in [0.15, 0.2) is 12.7 Å². The normalized spacial score (nSPS) is 30.9. The molecular formula is C12H17N5O4. The van der Waals surface area contributed by atoms with Crippen molar-refractivity contribution in [3.05, 3.63) is 12.7 Å². The predicted molar refractivity (Wildman–Crippen MR) is 71.9 cm³/mol. The van der Waals surface area contributed by atoms with Crippen molar-refractivity contribution in [1.82, 2.24) is 19.5 Å². The fourth-order valence-electron chi connectivity index (χ4n) is 2.65. The molecule has 0 saturated carbocycles. The maximum Gasteiger partial charge on any atom is 0.167 e. The molecule has 9 heteroatoms. The Hall–Kier alpha value is -1.81. The molecule has 2 aromatic rings. The molecule has 1 aliphatic heterocycles. The van der Waals surface area contributed by atoms with Gasteiger partial charge in [-0.3, -0.25) is 4.57 Å². The van der Waals surface area contributed by atoms with E-state index in [1.165, 1.54) is 12.7 Å². The highest BCUT2D eigenvalue weighted by molar-refractivity contribution is 5.81. The summed E-state index contributed by atoms with van der Waals surface area (Å²) >= 11 is 0. The van der Waals surface area contributed by atoms with Crippen molar-refractivity contribution in [2.45, 2.75) is 31.5 Å². The summed E-state index contributed by atoms with van der Waals surface area (Å²) in [6, 6.07) is 0. The van der Waals surface area contributed by atoms with Crippen molar-refractivity contribution in [1.29, 1.82) is 0 Å². The second kappa shape index (κ2) is 5.19. The van der Waals surface area contributed by atoms with Crippen LogP contribution in [-0.4, -0.2) is 59.8 Å². The van der Waals surface area contributed by atoms with Crippen LogP contribution in [0.1, 0.15) is 13.2 Å². The van der Waals surface area contributed by atoms with E-state index in [1.54, 1.807) is 11.5 Å². The van der Waals surface area contributed by atoms with Gasteiger partial charge >= 0.3 is 0 Å². The third-order valence-corrected chi connectivity index (χ3v) is 3.87. The molecule has 2 aromatic heterocycles. The van der Waals surface area contributed by atoms with E-state index >= 15 is 0 Å². The highest BCUT2D eigenvalue weighted by Crippen LogP contribution is 2.36. The van der Waals surface area contributed by atoms with Gasteiger partial charge in [-0.15, -0.1) is 0 Å². The third-order valence-electron chi connectivity index (χ3n) is 3.87. The first kappa shape index (κ1) is 14.1. The minimum atomic E-state index is -1.06. The molecule has 114 valence electrons. The Morgan fingerprint density at radius 2 is 2.19 bits per heavy atom. The SMILES string of the molecule is CC1C(O)C(n2cnc3c(N)ncnc32)OC1C(O)CO. The molecule has 1 aliphatic rings. The first-order chi connectivity index (χ1) is 10.0. The Labute approximate surface area is 120 Å². The number of aliphatic hydroxyl groups excluding tert-OH is 3. The lowest BCUT2D eigenvalue weighted by molar-refractivity contribution is -0.0882. The molecule has 5 unspecified atom stereocenters. The smallest absolute Gasteiger partial charge is 0.167 e. The molecule has 9 nitrogen and oxygen atoms in total. The summed E-state index contributed by atoms with van der Waals surface area (Å²) < 4.78 is 7.25. The van der Waals surface area contributed by atoms with Gasteiger partial charge < -0.3 is 25.8 Å². The number of hydrogen-bond donors (Lipinski definition) is 4. The summed E-state index contributed by atoms with van der Waals surface area (Å²) in [4.78, 5) is 12.1. The van der Waals surface area contributed by atoms with Crippen molar-refractivity contribution in [3.63, 3.8) is 0 Å². The average molecular weight is 295 g/mol. The number of rotatable bonds is 3. The highest BCUT2D eigenvalue weighted by Gasteiger charge is 2.45. The van der Waals surface area contributed by atoms with E-state index in [1.807, 2.05) is 0 Å². The zero-order valence-electron chi connectivity index (χ0n) is 11.4. The Morgan fingerprint density at radius 1 is 1.43 bits per heavy atom. The maximum absolute atomic E-state index is 10.3. The summed E-state index contributed by atoms with van der Waals surface area (Å²) in [6.07, 6.45) is -0.596. The lowest BCUT2D eigenvalue weighted by Gasteiger charge is -2.19. The van der Waals surface area contributed by atoms with E-state index in [0.717, 1.165) is 0 Å². The van der Waals surface area contributed by atoms with Crippen LogP contribution >= 0.6 is 0 Å². The zero-order chi connectivity index (χ0) is 15.1. The molecule has 3 heterocycles. The number of aliphatic hydroxyl groups is 3. The van der Waals surface area contributed by atoms with E-state index in [9.17, 15) is 10.2 Å². The number of imidazole rings is 1.